The number of oxime groups is 1. The number of halogens is 1. The van der Waals surface area contributed by atoms with Crippen molar-refractivity contribution in [2.75, 3.05) is 11.9 Å². The van der Waals surface area contributed by atoms with Gasteiger partial charge in [-0.2, -0.15) is 0 Å². The minimum absolute atomic E-state index is 0.0355. The van der Waals surface area contributed by atoms with Crippen LogP contribution in [0.2, 0.25) is 5.02 Å². The molecule has 1 aromatic carbocycles. The summed E-state index contributed by atoms with van der Waals surface area (Å²) in [6.07, 6.45) is 3.55. The molecule has 0 amide bonds. The van der Waals surface area contributed by atoms with Gasteiger partial charge in [-0.15, -0.1) is 0 Å². The highest BCUT2D eigenvalue weighted by molar-refractivity contribution is 6.33. The number of pyridine rings is 1. The number of rotatable bonds is 4. The molecule has 6 heteroatoms. The number of amidine groups is 1. The molecule has 0 fully saturated rings. The highest BCUT2D eigenvalue weighted by atomic mass is 35.5. The van der Waals surface area contributed by atoms with E-state index in [-0.39, 0.29) is 5.84 Å². The summed E-state index contributed by atoms with van der Waals surface area (Å²) in [4.78, 5) is 6.09. The lowest BCUT2D eigenvalue weighted by Crippen LogP contribution is -2.18. The van der Waals surface area contributed by atoms with Crippen LogP contribution in [0.3, 0.4) is 0 Å². The predicted molar refractivity (Wildman–Crippen MR) is 80.3 cm³/mol. The van der Waals surface area contributed by atoms with Crippen molar-refractivity contribution in [1.82, 2.24) is 4.98 Å². The minimum Gasteiger partial charge on any atom is -0.409 e. The van der Waals surface area contributed by atoms with Crippen molar-refractivity contribution in [2.24, 2.45) is 10.9 Å². The van der Waals surface area contributed by atoms with Crippen LogP contribution in [-0.4, -0.2) is 23.1 Å². The molecule has 0 saturated carbocycles. The van der Waals surface area contributed by atoms with E-state index in [2.05, 4.69) is 10.1 Å². The highest BCUT2D eigenvalue weighted by Crippen LogP contribution is 2.27. The van der Waals surface area contributed by atoms with Crippen molar-refractivity contribution in [1.29, 1.82) is 0 Å². The minimum atomic E-state index is 0.0355. The number of aromatic nitrogens is 1. The fraction of sp³-hybridized carbons (Fsp3) is 0.143. The average molecular weight is 291 g/mol. The summed E-state index contributed by atoms with van der Waals surface area (Å²) in [6, 6.07) is 9.17. The Labute approximate surface area is 122 Å². The first kappa shape index (κ1) is 14.1. The third-order valence-corrected chi connectivity index (χ3v) is 3.21. The lowest BCUT2D eigenvalue weighted by atomic mass is 10.1. The zero-order valence-electron chi connectivity index (χ0n) is 11.0. The molecule has 0 aliphatic rings. The maximum atomic E-state index is 8.65. The van der Waals surface area contributed by atoms with Gasteiger partial charge in [-0.25, -0.2) is 0 Å². The Balaban J connectivity index is 2.20. The van der Waals surface area contributed by atoms with Crippen LogP contribution in [0.4, 0.5) is 5.69 Å². The predicted octanol–water partition coefficient (Wildman–Crippen LogP) is 2.47. The SMILES string of the molecule is CN(Cc1cccnc1)c1ccc(C(N)=NO)cc1Cl. The summed E-state index contributed by atoms with van der Waals surface area (Å²) in [7, 11) is 1.94. The Hall–Kier alpha value is -2.27. The number of benzene rings is 1. The van der Waals surface area contributed by atoms with Gasteiger partial charge >= 0.3 is 0 Å². The summed E-state index contributed by atoms with van der Waals surface area (Å²) >= 11 is 6.24. The first-order valence-electron chi connectivity index (χ1n) is 5.99. The number of anilines is 1. The highest BCUT2D eigenvalue weighted by Gasteiger charge is 2.09. The van der Waals surface area contributed by atoms with E-state index in [9.17, 15) is 0 Å². The van der Waals surface area contributed by atoms with E-state index in [0.717, 1.165) is 11.3 Å². The molecule has 0 saturated heterocycles. The summed E-state index contributed by atoms with van der Waals surface area (Å²) in [5.41, 5.74) is 8.07. The Morgan fingerprint density at radius 2 is 2.25 bits per heavy atom. The topological polar surface area (TPSA) is 74.7 Å². The Morgan fingerprint density at radius 3 is 2.85 bits per heavy atom. The zero-order chi connectivity index (χ0) is 14.5. The normalized spacial score (nSPS) is 11.4. The van der Waals surface area contributed by atoms with Crippen LogP contribution in [0.5, 0.6) is 0 Å². The lowest BCUT2D eigenvalue weighted by Gasteiger charge is -2.21. The van der Waals surface area contributed by atoms with Crippen LogP contribution in [0, 0.1) is 0 Å². The summed E-state index contributed by atoms with van der Waals surface area (Å²) < 4.78 is 0. The smallest absolute Gasteiger partial charge is 0.170 e. The number of nitrogens with zero attached hydrogens (tertiary/aromatic N) is 3. The monoisotopic (exact) mass is 290 g/mol. The van der Waals surface area contributed by atoms with Gasteiger partial charge in [0.1, 0.15) is 0 Å². The molecule has 104 valence electrons. The van der Waals surface area contributed by atoms with Crippen molar-refractivity contribution in [3.8, 4) is 0 Å². The zero-order valence-corrected chi connectivity index (χ0v) is 11.7. The van der Waals surface area contributed by atoms with Gasteiger partial charge in [0.15, 0.2) is 5.84 Å². The van der Waals surface area contributed by atoms with Crippen LogP contribution in [0.15, 0.2) is 47.9 Å². The average Bonchev–Trinajstić information content (AvgIpc) is 2.47. The van der Waals surface area contributed by atoms with Crippen molar-refractivity contribution in [2.45, 2.75) is 6.54 Å². The molecule has 0 aliphatic carbocycles. The molecule has 5 nitrogen and oxygen atoms in total. The van der Waals surface area contributed by atoms with Gasteiger partial charge in [-0.05, 0) is 29.8 Å². The molecular formula is C14H15ClN4O. The molecule has 3 N–H and O–H groups in total. The third-order valence-electron chi connectivity index (χ3n) is 2.90. The van der Waals surface area contributed by atoms with E-state index in [1.54, 1.807) is 18.3 Å². The number of nitrogens with two attached hydrogens (primary N) is 1. The van der Waals surface area contributed by atoms with E-state index >= 15 is 0 Å². The maximum Gasteiger partial charge on any atom is 0.170 e. The Kier molecular flexibility index (Phi) is 4.42. The molecule has 1 heterocycles. The summed E-state index contributed by atoms with van der Waals surface area (Å²) in [5, 5.41) is 12.2. The molecule has 0 unspecified atom stereocenters. The van der Waals surface area contributed by atoms with Crippen LogP contribution in [-0.2, 0) is 6.54 Å². The Bertz CT molecular complexity index is 616. The first-order chi connectivity index (χ1) is 9.61. The first-order valence-corrected chi connectivity index (χ1v) is 6.37. The van der Waals surface area contributed by atoms with E-state index in [4.69, 9.17) is 22.5 Å². The van der Waals surface area contributed by atoms with Gasteiger partial charge in [-0.3, -0.25) is 4.98 Å². The van der Waals surface area contributed by atoms with E-state index < -0.39 is 0 Å². The maximum absolute atomic E-state index is 8.65. The van der Waals surface area contributed by atoms with Crippen LogP contribution in [0.25, 0.3) is 0 Å². The third kappa shape index (κ3) is 3.19. The van der Waals surface area contributed by atoms with E-state index in [1.165, 1.54) is 0 Å². The van der Waals surface area contributed by atoms with Gasteiger partial charge in [0.2, 0.25) is 0 Å². The van der Waals surface area contributed by atoms with E-state index in [0.29, 0.717) is 17.1 Å². The quantitative estimate of drug-likeness (QED) is 0.393. The van der Waals surface area contributed by atoms with Gasteiger partial charge in [-0.1, -0.05) is 22.8 Å². The molecule has 0 radical (unpaired) electrons. The van der Waals surface area contributed by atoms with Crippen LogP contribution in [0.1, 0.15) is 11.1 Å². The van der Waals surface area contributed by atoms with Gasteiger partial charge in [0, 0.05) is 31.5 Å². The van der Waals surface area contributed by atoms with Crippen molar-refractivity contribution >= 4 is 23.1 Å². The molecule has 0 atom stereocenters. The van der Waals surface area contributed by atoms with Gasteiger partial charge in [0.05, 0.1) is 10.7 Å². The van der Waals surface area contributed by atoms with Crippen molar-refractivity contribution in [3.05, 3.63) is 58.9 Å². The second kappa shape index (κ2) is 6.25. The van der Waals surface area contributed by atoms with Crippen molar-refractivity contribution < 1.29 is 5.21 Å². The second-order valence-electron chi connectivity index (χ2n) is 4.37. The van der Waals surface area contributed by atoms with E-state index in [1.807, 2.05) is 36.3 Å². The van der Waals surface area contributed by atoms with Crippen LogP contribution < -0.4 is 10.6 Å². The Morgan fingerprint density at radius 1 is 1.45 bits per heavy atom. The summed E-state index contributed by atoms with van der Waals surface area (Å²) in [6.45, 7) is 0.691. The van der Waals surface area contributed by atoms with Crippen LogP contribution >= 0.6 is 11.6 Å². The molecular weight excluding hydrogens is 276 g/mol. The molecule has 20 heavy (non-hydrogen) atoms. The number of hydrogen-bond acceptors (Lipinski definition) is 4. The molecule has 0 bridgehead atoms. The fourth-order valence-electron chi connectivity index (χ4n) is 1.88. The largest absolute Gasteiger partial charge is 0.409 e. The molecule has 0 spiro atoms. The number of hydrogen-bond donors (Lipinski definition) is 2. The fourth-order valence-corrected chi connectivity index (χ4v) is 2.21. The molecule has 0 aliphatic heterocycles. The second-order valence-corrected chi connectivity index (χ2v) is 4.78. The standard InChI is InChI=1S/C14H15ClN4O/c1-19(9-10-3-2-6-17-8-10)13-5-4-11(7-12(13)15)14(16)18-20/h2-8,20H,9H2,1H3,(H2,16,18). The van der Waals surface area contributed by atoms with Gasteiger partial charge < -0.3 is 15.8 Å². The lowest BCUT2D eigenvalue weighted by molar-refractivity contribution is 0.318. The van der Waals surface area contributed by atoms with Gasteiger partial charge in [0.25, 0.3) is 0 Å². The molecule has 2 aromatic rings. The molecule has 2 rings (SSSR count). The molecule has 1 aromatic heterocycles. The summed E-state index contributed by atoms with van der Waals surface area (Å²) in [5.74, 6) is 0.0355. The van der Waals surface area contributed by atoms with Crippen molar-refractivity contribution in [3.63, 3.8) is 0 Å².